The highest BCUT2D eigenvalue weighted by Crippen LogP contribution is 2.78. The molecule has 0 bridgehead atoms. The summed E-state index contributed by atoms with van der Waals surface area (Å²) in [5, 5.41) is 0. The number of hydrogen-bond donors (Lipinski definition) is 0. The number of halogens is 1. The fourth-order valence-corrected chi connectivity index (χ4v) is 11.6. The molecule has 218 valence electrons. The molecule has 3 saturated carbocycles. The lowest BCUT2D eigenvalue weighted by molar-refractivity contribution is -0.192. The summed E-state index contributed by atoms with van der Waals surface area (Å²) in [4.78, 5) is 24.3. The molecule has 4 aliphatic carbocycles. The molecule has 1 saturated heterocycles. The Bertz CT molecular complexity index is 1140. The molecule has 0 N–H and O–H groups in total. The molecule has 5 rings (SSSR count). The van der Waals surface area contributed by atoms with Crippen molar-refractivity contribution in [1.29, 1.82) is 0 Å². The van der Waals surface area contributed by atoms with Gasteiger partial charge in [0.05, 0.1) is 6.10 Å². The van der Waals surface area contributed by atoms with Crippen LogP contribution >= 0.6 is 0 Å². The van der Waals surface area contributed by atoms with Crippen LogP contribution < -0.4 is 0 Å². The molecule has 0 aromatic carbocycles. The summed E-state index contributed by atoms with van der Waals surface area (Å²) >= 11 is 0. The van der Waals surface area contributed by atoms with Crippen molar-refractivity contribution in [3.63, 3.8) is 0 Å². The number of alkyl halides is 1. The Labute approximate surface area is 235 Å². The number of hydrogen-bond acceptors (Lipinski definition) is 6. The van der Waals surface area contributed by atoms with Gasteiger partial charge in [0.1, 0.15) is 12.2 Å². The lowest BCUT2D eigenvalue weighted by atomic mass is 9.45. The number of epoxide rings is 1. The number of allylic oxidation sites excluding steroid dienone is 4. The second-order valence-corrected chi connectivity index (χ2v) is 24.1. The van der Waals surface area contributed by atoms with E-state index in [-0.39, 0.29) is 36.1 Å². The largest absolute Gasteiger partial charge is 0.460 e. The summed E-state index contributed by atoms with van der Waals surface area (Å²) in [5.74, 6) is -1.60. The van der Waals surface area contributed by atoms with E-state index in [4.69, 9.17) is 18.3 Å². The van der Waals surface area contributed by atoms with Crippen molar-refractivity contribution in [1.82, 2.24) is 0 Å². The van der Waals surface area contributed by atoms with Crippen LogP contribution in [0.1, 0.15) is 53.4 Å². The molecule has 6 nitrogen and oxygen atoms in total. The van der Waals surface area contributed by atoms with Crippen molar-refractivity contribution in [2.75, 3.05) is 6.61 Å². The van der Waals surface area contributed by atoms with E-state index in [9.17, 15) is 9.59 Å². The van der Waals surface area contributed by atoms with E-state index in [1.807, 2.05) is 13.0 Å². The van der Waals surface area contributed by atoms with Crippen LogP contribution in [0.15, 0.2) is 23.8 Å². The molecule has 0 amide bonds. The molecule has 0 aromatic heterocycles. The highest BCUT2D eigenvalue weighted by molar-refractivity contribution is 6.70. The number of carbonyl (C=O) groups excluding carboxylic acids is 2. The van der Waals surface area contributed by atoms with Crippen molar-refractivity contribution in [3.05, 3.63) is 23.8 Å². The van der Waals surface area contributed by atoms with Gasteiger partial charge in [0.15, 0.2) is 28.1 Å². The Hall–Kier alpha value is -1.14. The van der Waals surface area contributed by atoms with Crippen molar-refractivity contribution in [2.45, 2.75) is 116 Å². The van der Waals surface area contributed by atoms with E-state index >= 15 is 4.39 Å². The first-order valence-corrected chi connectivity index (χ1v) is 21.4. The Morgan fingerprint density at radius 2 is 1.79 bits per heavy atom. The van der Waals surface area contributed by atoms with E-state index in [1.54, 1.807) is 12.2 Å². The SMILES string of the molecule is CC(=O)OCC1(O[Si](C)(C)C)O[C@@]12[C@H](C)C[C@H]1[C@@H]3CCC4=CC(=O)C=C[C@]4(C)[C@@]3(F)[C@@H](O[Si](C)(C)C)C[C@@]12C. The van der Waals surface area contributed by atoms with Crippen molar-refractivity contribution >= 4 is 28.4 Å². The summed E-state index contributed by atoms with van der Waals surface area (Å²) in [7, 11) is -4.30. The van der Waals surface area contributed by atoms with Gasteiger partial charge >= 0.3 is 5.97 Å². The third-order valence-electron chi connectivity index (χ3n) is 10.4. The minimum atomic E-state index is -2.18. The first-order valence-electron chi connectivity index (χ1n) is 14.6. The number of ether oxygens (including phenoxy) is 2. The Kier molecular flexibility index (Phi) is 6.54. The average molecular weight is 579 g/mol. The van der Waals surface area contributed by atoms with Crippen LogP contribution in [0.5, 0.6) is 0 Å². The van der Waals surface area contributed by atoms with E-state index in [1.165, 1.54) is 6.92 Å². The van der Waals surface area contributed by atoms with E-state index in [0.717, 1.165) is 12.0 Å². The van der Waals surface area contributed by atoms with Crippen LogP contribution in [0.4, 0.5) is 4.39 Å². The molecule has 39 heavy (non-hydrogen) atoms. The molecule has 5 aliphatic rings. The molecule has 1 unspecified atom stereocenters. The highest BCUT2D eigenvalue weighted by Gasteiger charge is 2.88. The molecule has 1 spiro atoms. The second kappa shape index (κ2) is 8.69. The highest BCUT2D eigenvalue weighted by atomic mass is 28.4. The molecule has 4 fully saturated rings. The number of esters is 1. The normalized spacial score (nSPS) is 46.8. The van der Waals surface area contributed by atoms with Gasteiger partial charge in [-0.15, -0.1) is 0 Å². The minimum Gasteiger partial charge on any atom is -0.460 e. The van der Waals surface area contributed by atoms with Crippen molar-refractivity contribution < 1.29 is 32.3 Å². The number of ketones is 1. The fourth-order valence-electron chi connectivity index (χ4n) is 9.27. The smallest absolute Gasteiger partial charge is 0.302 e. The Morgan fingerprint density at radius 3 is 2.38 bits per heavy atom. The van der Waals surface area contributed by atoms with Crippen molar-refractivity contribution in [3.8, 4) is 0 Å². The maximum Gasteiger partial charge on any atom is 0.302 e. The molecule has 9 heteroatoms. The van der Waals surface area contributed by atoms with Crippen LogP contribution in [0.3, 0.4) is 0 Å². The van der Waals surface area contributed by atoms with Gasteiger partial charge in [-0.1, -0.05) is 25.5 Å². The second-order valence-electron chi connectivity index (χ2n) is 15.2. The molecule has 0 aromatic rings. The number of carbonyl (C=O) groups is 2. The molecule has 1 aliphatic heterocycles. The van der Waals surface area contributed by atoms with E-state index < -0.39 is 50.6 Å². The molecular weight excluding hydrogens is 531 g/mol. The van der Waals surface area contributed by atoms with Gasteiger partial charge in [-0.2, -0.15) is 0 Å². The predicted molar refractivity (Wildman–Crippen MR) is 153 cm³/mol. The van der Waals surface area contributed by atoms with Gasteiger partial charge in [-0.25, -0.2) is 4.39 Å². The van der Waals surface area contributed by atoms with Crippen LogP contribution in [-0.2, 0) is 27.9 Å². The fraction of sp³-hybridized carbons (Fsp3) is 0.800. The molecule has 9 atom stereocenters. The van der Waals surface area contributed by atoms with Gasteiger partial charge in [-0.05, 0) is 95.9 Å². The van der Waals surface area contributed by atoms with Gasteiger partial charge in [0.2, 0.25) is 5.79 Å². The maximum absolute atomic E-state index is 18.3. The maximum atomic E-state index is 18.3. The topological polar surface area (TPSA) is 74.4 Å². The standard InChI is InChI=1S/C30H47FO6Si2/c1-19-15-24-23-12-11-21-16-22(33)13-14-26(21,3)29(23,31)25(35-38(5,6)7)17-27(24,4)30(19)28(36-30,18-34-20(2)32)37-39(8,9)10/h13-14,16,19,23-25H,11-12,15,17-18H2,1-10H3/t19-,23+,24+,25+,26+,27+,28?,29+,30-/m1/s1. The summed E-state index contributed by atoms with van der Waals surface area (Å²) in [6.07, 6.45) is 7.02. The zero-order valence-corrected chi connectivity index (χ0v) is 27.4. The third kappa shape index (κ3) is 4.07. The summed E-state index contributed by atoms with van der Waals surface area (Å²) in [6.45, 7) is 20.6. The lowest BCUT2D eigenvalue weighted by Gasteiger charge is -2.63. The molecular formula is C30H47FO6Si2. The summed E-state index contributed by atoms with van der Waals surface area (Å²) in [5.41, 5.74) is -2.81. The third-order valence-corrected chi connectivity index (χ3v) is 12.4. The zero-order valence-electron chi connectivity index (χ0n) is 25.4. The molecule has 0 radical (unpaired) electrons. The van der Waals surface area contributed by atoms with Gasteiger partial charge in [-0.3, -0.25) is 9.59 Å². The van der Waals surface area contributed by atoms with Crippen LogP contribution in [0.25, 0.3) is 0 Å². The number of fused-ring (bicyclic) bond motifs is 6. The monoisotopic (exact) mass is 578 g/mol. The van der Waals surface area contributed by atoms with Gasteiger partial charge < -0.3 is 18.3 Å². The van der Waals surface area contributed by atoms with E-state index in [0.29, 0.717) is 19.3 Å². The Morgan fingerprint density at radius 1 is 1.13 bits per heavy atom. The molecule has 1 heterocycles. The predicted octanol–water partition coefficient (Wildman–Crippen LogP) is 6.34. The number of rotatable bonds is 6. The van der Waals surface area contributed by atoms with Crippen LogP contribution in [0, 0.1) is 28.6 Å². The summed E-state index contributed by atoms with van der Waals surface area (Å²) < 4.78 is 44.3. The van der Waals surface area contributed by atoms with Crippen molar-refractivity contribution in [2.24, 2.45) is 28.6 Å². The average Bonchev–Trinajstić information content (AvgIpc) is 3.38. The van der Waals surface area contributed by atoms with Gasteiger partial charge in [0, 0.05) is 23.7 Å². The quantitative estimate of drug-likeness (QED) is 0.208. The minimum absolute atomic E-state index is 0.0350. The van der Waals surface area contributed by atoms with Crippen LogP contribution in [-0.4, -0.2) is 58.2 Å². The Balaban J connectivity index is 1.63. The van der Waals surface area contributed by atoms with Gasteiger partial charge in [0.25, 0.3) is 0 Å². The van der Waals surface area contributed by atoms with E-state index in [2.05, 4.69) is 53.1 Å². The zero-order chi connectivity index (χ0) is 29.0. The summed E-state index contributed by atoms with van der Waals surface area (Å²) in [6, 6.07) is 0. The lowest BCUT2D eigenvalue weighted by Crippen LogP contribution is -2.69. The first kappa shape index (κ1) is 29.4. The van der Waals surface area contributed by atoms with Crippen LogP contribution in [0.2, 0.25) is 39.3 Å². The first-order chi connectivity index (χ1) is 17.7.